The van der Waals surface area contributed by atoms with Crippen LogP contribution in [0.25, 0.3) is 0 Å². The van der Waals surface area contributed by atoms with Crippen LogP contribution in [0.1, 0.15) is 52.5 Å². The molecule has 0 aromatic heterocycles. The minimum absolute atomic E-state index is 0.194. The second kappa shape index (κ2) is 9.16. The van der Waals surface area contributed by atoms with E-state index in [1.54, 1.807) is 25.1 Å². The Morgan fingerprint density at radius 3 is 2.61 bits per heavy atom. The smallest absolute Gasteiger partial charge is 0.256 e. The number of nitriles is 1. The van der Waals surface area contributed by atoms with Gasteiger partial charge in [0.2, 0.25) is 0 Å². The van der Waals surface area contributed by atoms with E-state index in [0.717, 1.165) is 12.8 Å². The molecule has 126 valence electrons. The van der Waals surface area contributed by atoms with E-state index in [1.807, 2.05) is 13.8 Å². The molecule has 0 unspecified atom stereocenters. The lowest BCUT2D eigenvalue weighted by Crippen LogP contribution is -2.42. The third-order valence-electron chi connectivity index (χ3n) is 3.61. The molecule has 1 N–H and O–H groups in total. The Balaban J connectivity index is 2.92. The molecule has 0 heterocycles. The van der Waals surface area contributed by atoms with Gasteiger partial charge in [-0.05, 0) is 45.4 Å². The fourth-order valence-electron chi connectivity index (χ4n) is 2.32. The van der Waals surface area contributed by atoms with E-state index in [9.17, 15) is 10.1 Å². The van der Waals surface area contributed by atoms with E-state index in [-0.39, 0.29) is 5.91 Å². The molecule has 0 saturated heterocycles. The number of hydrogen-bond acceptors (Lipinski definition) is 4. The van der Waals surface area contributed by atoms with Crippen molar-refractivity contribution >= 4 is 11.6 Å². The van der Waals surface area contributed by atoms with E-state index in [0.29, 0.717) is 36.6 Å². The van der Waals surface area contributed by atoms with Gasteiger partial charge in [-0.25, -0.2) is 0 Å². The maximum atomic E-state index is 12.6. The van der Waals surface area contributed by atoms with E-state index in [2.05, 4.69) is 18.3 Å². The van der Waals surface area contributed by atoms with Gasteiger partial charge in [0, 0.05) is 12.3 Å². The van der Waals surface area contributed by atoms with E-state index >= 15 is 0 Å². The predicted octanol–water partition coefficient (Wildman–Crippen LogP) is 3.88. The number of nitrogens with zero attached hydrogens (tertiary/aromatic N) is 1. The maximum absolute atomic E-state index is 12.6. The van der Waals surface area contributed by atoms with Crippen LogP contribution < -0.4 is 10.1 Å². The summed E-state index contributed by atoms with van der Waals surface area (Å²) in [6, 6.07) is 7.13. The maximum Gasteiger partial charge on any atom is 0.256 e. The third-order valence-corrected chi connectivity index (χ3v) is 3.61. The first kappa shape index (κ1) is 19.0. The van der Waals surface area contributed by atoms with Crippen molar-refractivity contribution in [3.05, 3.63) is 23.8 Å². The van der Waals surface area contributed by atoms with Crippen molar-refractivity contribution in [1.29, 1.82) is 5.26 Å². The second-order valence-corrected chi connectivity index (χ2v) is 5.48. The number of carbonyl (C=O) groups is 1. The molecule has 0 bridgehead atoms. The van der Waals surface area contributed by atoms with Crippen LogP contribution in [0.2, 0.25) is 0 Å². The van der Waals surface area contributed by atoms with Crippen LogP contribution in [0.5, 0.6) is 5.75 Å². The molecule has 5 nitrogen and oxygen atoms in total. The van der Waals surface area contributed by atoms with E-state index < -0.39 is 5.60 Å². The van der Waals surface area contributed by atoms with Gasteiger partial charge in [-0.15, -0.1) is 0 Å². The summed E-state index contributed by atoms with van der Waals surface area (Å²) in [5, 5.41) is 12.0. The van der Waals surface area contributed by atoms with Crippen molar-refractivity contribution < 1.29 is 14.3 Å². The van der Waals surface area contributed by atoms with E-state index in [4.69, 9.17) is 9.47 Å². The molecule has 0 aliphatic heterocycles. The molecule has 1 aromatic carbocycles. The molecule has 0 fully saturated rings. The van der Waals surface area contributed by atoms with Crippen LogP contribution in [0.15, 0.2) is 18.2 Å². The molecular formula is C18H26N2O3. The molecule has 1 rings (SSSR count). The van der Waals surface area contributed by atoms with Crippen molar-refractivity contribution in [1.82, 2.24) is 0 Å². The van der Waals surface area contributed by atoms with Gasteiger partial charge in [-0.2, -0.15) is 5.26 Å². The minimum atomic E-state index is -0.865. The molecule has 0 spiro atoms. The zero-order valence-electron chi connectivity index (χ0n) is 14.4. The van der Waals surface area contributed by atoms with Gasteiger partial charge in [-0.3, -0.25) is 4.79 Å². The fourth-order valence-corrected chi connectivity index (χ4v) is 2.32. The summed E-state index contributed by atoms with van der Waals surface area (Å²) in [6.45, 7) is 8.58. The standard InChI is InChI=1S/C18H26N2O3/c1-5-8-11-18(4,23-7-3)17(21)20-15-9-10-16(22-6-2)14(12-15)13-19/h9-10,12H,5-8,11H2,1-4H3,(H,20,21)/t18-/m1/s1. The average molecular weight is 318 g/mol. The Hall–Kier alpha value is -2.06. The average Bonchev–Trinajstić information content (AvgIpc) is 2.54. The Morgan fingerprint density at radius 1 is 1.30 bits per heavy atom. The number of benzene rings is 1. The molecule has 0 aliphatic carbocycles. The summed E-state index contributed by atoms with van der Waals surface area (Å²) in [4.78, 5) is 12.6. The van der Waals surface area contributed by atoms with Crippen molar-refractivity contribution in [2.45, 2.75) is 52.6 Å². The van der Waals surface area contributed by atoms with Gasteiger partial charge >= 0.3 is 0 Å². The highest BCUT2D eigenvalue weighted by atomic mass is 16.5. The van der Waals surface area contributed by atoms with Crippen molar-refractivity contribution in [3.63, 3.8) is 0 Å². The monoisotopic (exact) mass is 318 g/mol. The van der Waals surface area contributed by atoms with Crippen LogP contribution in [0.3, 0.4) is 0 Å². The first-order chi connectivity index (χ1) is 11.0. The van der Waals surface area contributed by atoms with Crippen LogP contribution in [0, 0.1) is 11.3 Å². The van der Waals surface area contributed by atoms with Gasteiger partial charge in [-0.1, -0.05) is 19.8 Å². The number of carbonyl (C=O) groups excluding carboxylic acids is 1. The van der Waals surface area contributed by atoms with Crippen LogP contribution in [-0.4, -0.2) is 24.7 Å². The van der Waals surface area contributed by atoms with Gasteiger partial charge in [0.25, 0.3) is 5.91 Å². The van der Waals surface area contributed by atoms with Crippen LogP contribution >= 0.6 is 0 Å². The lowest BCUT2D eigenvalue weighted by atomic mass is 9.97. The molecule has 1 aromatic rings. The van der Waals surface area contributed by atoms with E-state index in [1.165, 1.54) is 0 Å². The topological polar surface area (TPSA) is 71.3 Å². The molecule has 1 amide bonds. The van der Waals surface area contributed by atoms with Crippen molar-refractivity contribution in [3.8, 4) is 11.8 Å². The highest BCUT2D eigenvalue weighted by Crippen LogP contribution is 2.25. The Kier molecular flexibility index (Phi) is 7.56. The molecule has 1 atom stereocenters. The first-order valence-corrected chi connectivity index (χ1v) is 8.13. The summed E-state index contributed by atoms with van der Waals surface area (Å²) < 4.78 is 11.1. The zero-order chi connectivity index (χ0) is 17.3. The Bertz CT molecular complexity index is 566. The Labute approximate surface area is 138 Å². The number of rotatable bonds is 9. The quantitative estimate of drug-likeness (QED) is 0.750. The summed E-state index contributed by atoms with van der Waals surface area (Å²) >= 11 is 0. The summed E-state index contributed by atoms with van der Waals surface area (Å²) in [6.07, 6.45) is 2.57. The second-order valence-electron chi connectivity index (χ2n) is 5.48. The summed E-state index contributed by atoms with van der Waals surface area (Å²) in [5.41, 5.74) is 0.102. The van der Waals surface area contributed by atoms with Gasteiger partial charge in [0.05, 0.1) is 12.2 Å². The number of anilines is 1. The van der Waals surface area contributed by atoms with Gasteiger partial charge < -0.3 is 14.8 Å². The summed E-state index contributed by atoms with van der Waals surface area (Å²) in [5.74, 6) is 0.326. The largest absolute Gasteiger partial charge is 0.492 e. The molecule has 5 heteroatoms. The summed E-state index contributed by atoms with van der Waals surface area (Å²) in [7, 11) is 0. The number of amides is 1. The van der Waals surface area contributed by atoms with Crippen molar-refractivity contribution in [2.24, 2.45) is 0 Å². The van der Waals surface area contributed by atoms with Crippen molar-refractivity contribution in [2.75, 3.05) is 18.5 Å². The number of nitrogens with one attached hydrogen (secondary N) is 1. The molecule has 0 saturated carbocycles. The highest BCUT2D eigenvalue weighted by Gasteiger charge is 2.33. The fraction of sp³-hybridized carbons (Fsp3) is 0.556. The third kappa shape index (κ3) is 5.26. The van der Waals surface area contributed by atoms with Crippen LogP contribution in [0.4, 0.5) is 5.69 Å². The lowest BCUT2D eigenvalue weighted by Gasteiger charge is -2.28. The van der Waals surface area contributed by atoms with Gasteiger partial charge in [0.1, 0.15) is 17.4 Å². The number of ether oxygens (including phenoxy) is 2. The minimum Gasteiger partial charge on any atom is -0.492 e. The number of unbranched alkanes of at least 4 members (excludes halogenated alkanes) is 1. The predicted molar refractivity (Wildman–Crippen MR) is 90.5 cm³/mol. The number of hydrogen-bond donors (Lipinski definition) is 1. The SMILES string of the molecule is CCCC[C@@](C)(OCC)C(=O)Nc1ccc(OCC)c(C#N)c1. The lowest BCUT2D eigenvalue weighted by molar-refractivity contribution is -0.139. The molecule has 0 radical (unpaired) electrons. The molecule has 23 heavy (non-hydrogen) atoms. The Morgan fingerprint density at radius 2 is 2.04 bits per heavy atom. The normalized spacial score (nSPS) is 13.0. The first-order valence-electron chi connectivity index (χ1n) is 8.13. The zero-order valence-corrected chi connectivity index (χ0v) is 14.4. The van der Waals surface area contributed by atoms with Gasteiger partial charge in [0.15, 0.2) is 0 Å². The van der Waals surface area contributed by atoms with Crippen LogP contribution in [-0.2, 0) is 9.53 Å². The highest BCUT2D eigenvalue weighted by molar-refractivity contribution is 5.97. The molecule has 0 aliphatic rings. The molecular weight excluding hydrogens is 292 g/mol.